The molecule has 0 saturated carbocycles. The first-order valence-corrected chi connectivity index (χ1v) is 6.37. The highest BCUT2D eigenvalue weighted by molar-refractivity contribution is 5.80. The normalized spacial score (nSPS) is 14.5. The molecule has 0 heterocycles. The topological polar surface area (TPSA) is 52.6 Å². The van der Waals surface area contributed by atoms with Crippen molar-refractivity contribution in [2.45, 2.75) is 18.4 Å². The van der Waals surface area contributed by atoms with Gasteiger partial charge in [-0.25, -0.2) is 13.6 Å². The van der Waals surface area contributed by atoms with Crippen molar-refractivity contribution in [3.63, 3.8) is 0 Å². The van der Waals surface area contributed by atoms with E-state index in [0.717, 1.165) is 0 Å². The predicted octanol–water partition coefficient (Wildman–Crippen LogP) is 1.77. The van der Waals surface area contributed by atoms with Crippen molar-refractivity contribution in [3.8, 4) is 0 Å². The van der Waals surface area contributed by atoms with E-state index in [-0.39, 0.29) is 19.5 Å². The molecule has 2 N–H and O–H groups in total. The predicted molar refractivity (Wildman–Crippen MR) is 72.9 cm³/mol. The Morgan fingerprint density at radius 1 is 1.40 bits per heavy atom. The van der Waals surface area contributed by atoms with Gasteiger partial charge in [-0.1, -0.05) is 30.3 Å². The van der Waals surface area contributed by atoms with Crippen molar-refractivity contribution in [2.24, 2.45) is 0 Å². The van der Waals surface area contributed by atoms with Gasteiger partial charge in [-0.3, -0.25) is 0 Å². The van der Waals surface area contributed by atoms with Gasteiger partial charge in [0, 0.05) is 6.54 Å². The Kier molecular flexibility index (Phi) is 6.04. The molecule has 0 aliphatic rings. The summed E-state index contributed by atoms with van der Waals surface area (Å²) in [5.41, 5.74) is -0.655. The fraction of sp³-hybridized carbons (Fsp3) is 0.500. The number of benzene rings is 1. The number of alkyl halides is 2. The van der Waals surface area contributed by atoms with Crippen LogP contribution >= 0.6 is 0 Å². The Balaban J connectivity index is 2.88. The third kappa shape index (κ3) is 3.98. The minimum absolute atomic E-state index is 0.200. The summed E-state index contributed by atoms with van der Waals surface area (Å²) in [6, 6.07) is 8.75. The van der Waals surface area contributed by atoms with Crippen LogP contribution in [0.25, 0.3) is 0 Å². The van der Waals surface area contributed by atoms with Crippen molar-refractivity contribution < 1.29 is 18.7 Å². The van der Waals surface area contributed by atoms with Crippen LogP contribution in [0.5, 0.6) is 0 Å². The van der Waals surface area contributed by atoms with E-state index in [9.17, 15) is 18.7 Å². The molecule has 4 nitrogen and oxygen atoms in total. The first-order chi connectivity index (χ1) is 9.42. The van der Waals surface area contributed by atoms with Crippen LogP contribution in [-0.4, -0.2) is 49.6 Å². The average Bonchev–Trinajstić information content (AvgIpc) is 2.40. The van der Waals surface area contributed by atoms with E-state index < -0.39 is 17.9 Å². The maximum atomic E-state index is 12.3. The number of nitrogens with one attached hydrogen (secondary N) is 1. The quantitative estimate of drug-likeness (QED) is 0.765. The molecule has 1 atom stereocenters. The number of carboxylic acids is 1. The van der Waals surface area contributed by atoms with Crippen LogP contribution in [0.4, 0.5) is 8.78 Å². The number of rotatable bonds is 8. The number of halogens is 2. The van der Waals surface area contributed by atoms with Gasteiger partial charge in [-0.05, 0) is 26.1 Å². The minimum atomic E-state index is -2.43. The Labute approximate surface area is 117 Å². The van der Waals surface area contributed by atoms with E-state index in [1.165, 1.54) is 4.90 Å². The van der Waals surface area contributed by atoms with Crippen LogP contribution in [0.1, 0.15) is 12.0 Å². The molecule has 1 aromatic rings. The van der Waals surface area contributed by atoms with Gasteiger partial charge in [0.2, 0.25) is 0 Å². The Morgan fingerprint density at radius 2 is 2.00 bits per heavy atom. The van der Waals surface area contributed by atoms with Crippen LogP contribution in [-0.2, 0) is 10.3 Å². The molecule has 1 unspecified atom stereocenters. The molecule has 112 valence electrons. The molecule has 0 fully saturated rings. The highest BCUT2D eigenvalue weighted by Gasteiger charge is 2.38. The smallest absolute Gasteiger partial charge is 0.328 e. The fourth-order valence-electron chi connectivity index (χ4n) is 2.16. The highest BCUT2D eigenvalue weighted by atomic mass is 19.3. The number of carbonyl (C=O) groups is 1. The molecule has 0 aliphatic carbocycles. The van der Waals surface area contributed by atoms with Crippen LogP contribution in [0, 0.1) is 0 Å². The number of hydrogen-bond donors (Lipinski definition) is 2. The summed E-state index contributed by atoms with van der Waals surface area (Å²) in [7, 11) is 3.12. The Hall–Kier alpha value is -1.53. The lowest BCUT2D eigenvalue weighted by Crippen LogP contribution is -2.49. The molecule has 6 heteroatoms. The number of likely N-dealkylation sites (N-methyl/N-ethyl adjacent to an activating group) is 1. The Bertz CT molecular complexity index is 428. The third-order valence-electron chi connectivity index (χ3n) is 3.38. The van der Waals surface area contributed by atoms with Gasteiger partial charge in [0.1, 0.15) is 5.54 Å². The molecule has 1 aromatic carbocycles. The lowest BCUT2D eigenvalue weighted by Gasteiger charge is -2.31. The second-order valence-corrected chi connectivity index (χ2v) is 4.73. The molecule has 1 rings (SSSR count). The van der Waals surface area contributed by atoms with Crippen LogP contribution < -0.4 is 5.32 Å². The second kappa shape index (κ2) is 7.31. The average molecular weight is 286 g/mol. The molecular weight excluding hydrogens is 266 g/mol. The Morgan fingerprint density at radius 3 is 2.45 bits per heavy atom. The van der Waals surface area contributed by atoms with Crippen LogP contribution in [0.2, 0.25) is 0 Å². The zero-order valence-electron chi connectivity index (χ0n) is 11.6. The number of carboxylic acid groups (broad SMARTS) is 1. The fourth-order valence-corrected chi connectivity index (χ4v) is 2.16. The third-order valence-corrected chi connectivity index (χ3v) is 3.38. The second-order valence-electron chi connectivity index (χ2n) is 4.73. The zero-order valence-corrected chi connectivity index (χ0v) is 11.6. The molecule has 0 aliphatic heterocycles. The molecule has 0 saturated heterocycles. The van der Waals surface area contributed by atoms with Crippen molar-refractivity contribution >= 4 is 5.97 Å². The van der Waals surface area contributed by atoms with Gasteiger partial charge in [-0.2, -0.15) is 0 Å². The molecule has 0 amide bonds. The van der Waals surface area contributed by atoms with Crippen molar-refractivity contribution in [3.05, 3.63) is 35.9 Å². The number of aliphatic carboxylic acids is 1. The van der Waals surface area contributed by atoms with E-state index in [4.69, 9.17) is 0 Å². The zero-order chi connectivity index (χ0) is 15.2. The number of hydrogen-bond acceptors (Lipinski definition) is 3. The van der Waals surface area contributed by atoms with E-state index in [1.54, 1.807) is 44.4 Å². The maximum Gasteiger partial charge on any atom is 0.328 e. The summed E-state index contributed by atoms with van der Waals surface area (Å²) >= 11 is 0. The van der Waals surface area contributed by atoms with Gasteiger partial charge in [0.25, 0.3) is 6.43 Å². The molecule has 0 aromatic heterocycles. The summed E-state index contributed by atoms with van der Waals surface area (Å²) in [6.45, 7) is -0.111. The molecule has 0 spiro atoms. The van der Waals surface area contributed by atoms with Gasteiger partial charge in [0.05, 0.1) is 6.54 Å². The molecule has 20 heavy (non-hydrogen) atoms. The largest absolute Gasteiger partial charge is 0.480 e. The van der Waals surface area contributed by atoms with E-state index in [2.05, 4.69) is 5.32 Å². The summed E-state index contributed by atoms with van der Waals surface area (Å²) in [6.07, 6.45) is -2.22. The summed E-state index contributed by atoms with van der Waals surface area (Å²) in [4.78, 5) is 13.1. The molecule has 0 radical (unpaired) electrons. The van der Waals surface area contributed by atoms with Crippen molar-refractivity contribution in [2.75, 3.05) is 27.2 Å². The van der Waals surface area contributed by atoms with Gasteiger partial charge in [-0.15, -0.1) is 0 Å². The monoisotopic (exact) mass is 286 g/mol. The highest BCUT2D eigenvalue weighted by Crippen LogP contribution is 2.25. The van der Waals surface area contributed by atoms with E-state index in [1.807, 2.05) is 0 Å². The first kappa shape index (κ1) is 16.5. The minimum Gasteiger partial charge on any atom is -0.480 e. The van der Waals surface area contributed by atoms with Crippen LogP contribution in [0.3, 0.4) is 0 Å². The summed E-state index contributed by atoms with van der Waals surface area (Å²) in [5, 5.41) is 12.4. The first-order valence-electron chi connectivity index (χ1n) is 6.37. The summed E-state index contributed by atoms with van der Waals surface area (Å²) < 4.78 is 24.6. The van der Waals surface area contributed by atoms with Gasteiger partial charge in [0.15, 0.2) is 0 Å². The number of nitrogens with zero attached hydrogens (tertiary/aromatic N) is 1. The standard InChI is InChI=1S/C14H20F2N2O2/c1-17-14(13(19)20,11-6-4-3-5-7-11)8-9-18(2)10-12(15)16/h3-7,12,17H,8-10H2,1-2H3,(H,19,20). The van der Waals surface area contributed by atoms with E-state index >= 15 is 0 Å². The lowest BCUT2D eigenvalue weighted by atomic mass is 9.86. The van der Waals surface area contributed by atoms with Crippen LogP contribution in [0.15, 0.2) is 30.3 Å². The SMILES string of the molecule is CNC(CCN(C)CC(F)F)(C(=O)O)c1ccccc1. The molecule has 0 bridgehead atoms. The van der Waals surface area contributed by atoms with Gasteiger partial charge < -0.3 is 15.3 Å². The van der Waals surface area contributed by atoms with E-state index in [0.29, 0.717) is 5.56 Å². The molecular formula is C14H20F2N2O2. The van der Waals surface area contributed by atoms with Crippen molar-refractivity contribution in [1.29, 1.82) is 0 Å². The maximum absolute atomic E-state index is 12.3. The lowest BCUT2D eigenvalue weighted by molar-refractivity contribution is -0.145. The summed E-state index contributed by atoms with van der Waals surface area (Å²) in [5.74, 6) is -1.02. The van der Waals surface area contributed by atoms with Crippen molar-refractivity contribution in [1.82, 2.24) is 10.2 Å². The van der Waals surface area contributed by atoms with Gasteiger partial charge >= 0.3 is 5.97 Å².